The van der Waals surface area contributed by atoms with Crippen LogP contribution < -0.4 is 10.9 Å². The second-order valence-electron chi connectivity index (χ2n) is 3.42. The SMILES string of the molecule is Cc1cc[nH]c(=O)c1C(=O)NC(C)CO. The summed E-state index contributed by atoms with van der Waals surface area (Å²) >= 11 is 0. The monoisotopic (exact) mass is 210 g/mol. The van der Waals surface area contributed by atoms with E-state index in [0.717, 1.165) is 0 Å². The van der Waals surface area contributed by atoms with Crippen molar-refractivity contribution in [2.24, 2.45) is 0 Å². The van der Waals surface area contributed by atoms with E-state index < -0.39 is 11.5 Å². The van der Waals surface area contributed by atoms with Crippen LogP contribution in [0.25, 0.3) is 0 Å². The molecule has 0 bridgehead atoms. The number of pyridine rings is 1. The molecule has 0 fully saturated rings. The lowest BCUT2D eigenvalue weighted by atomic mass is 10.1. The predicted molar refractivity (Wildman–Crippen MR) is 55.8 cm³/mol. The van der Waals surface area contributed by atoms with Gasteiger partial charge in [-0.2, -0.15) is 0 Å². The van der Waals surface area contributed by atoms with Gasteiger partial charge in [-0.15, -0.1) is 0 Å². The quantitative estimate of drug-likeness (QED) is 0.645. The molecule has 0 aliphatic carbocycles. The van der Waals surface area contributed by atoms with Crippen molar-refractivity contribution in [3.63, 3.8) is 0 Å². The summed E-state index contributed by atoms with van der Waals surface area (Å²) in [6.07, 6.45) is 1.49. The van der Waals surface area contributed by atoms with Crippen LogP contribution >= 0.6 is 0 Å². The molecule has 3 N–H and O–H groups in total. The van der Waals surface area contributed by atoms with Gasteiger partial charge in [0.1, 0.15) is 5.56 Å². The Labute approximate surface area is 87.1 Å². The lowest BCUT2D eigenvalue weighted by molar-refractivity contribution is 0.0920. The van der Waals surface area contributed by atoms with Crippen LogP contribution in [0.2, 0.25) is 0 Å². The molecule has 1 atom stereocenters. The smallest absolute Gasteiger partial charge is 0.261 e. The van der Waals surface area contributed by atoms with Crippen LogP contribution in [0.3, 0.4) is 0 Å². The predicted octanol–water partition coefficient (Wildman–Crippen LogP) is -0.206. The average molecular weight is 210 g/mol. The molecule has 1 aromatic heterocycles. The highest BCUT2D eigenvalue weighted by Crippen LogP contribution is 2.00. The number of rotatable bonds is 3. The number of carbonyl (C=O) groups excluding carboxylic acids is 1. The van der Waals surface area contributed by atoms with Crippen molar-refractivity contribution in [1.29, 1.82) is 0 Å². The number of hydrogen-bond donors (Lipinski definition) is 3. The van der Waals surface area contributed by atoms with E-state index in [1.165, 1.54) is 6.20 Å². The van der Waals surface area contributed by atoms with Crippen LogP contribution in [0.4, 0.5) is 0 Å². The second kappa shape index (κ2) is 4.75. The van der Waals surface area contributed by atoms with Crippen molar-refractivity contribution in [2.75, 3.05) is 6.61 Å². The van der Waals surface area contributed by atoms with Gasteiger partial charge in [0, 0.05) is 12.2 Å². The Morgan fingerprint density at radius 3 is 2.87 bits per heavy atom. The van der Waals surface area contributed by atoms with Crippen molar-refractivity contribution in [2.45, 2.75) is 19.9 Å². The molecule has 0 saturated carbocycles. The molecule has 1 unspecified atom stereocenters. The van der Waals surface area contributed by atoms with Gasteiger partial charge in [-0.05, 0) is 25.5 Å². The molecule has 1 rings (SSSR count). The molecule has 82 valence electrons. The Kier molecular flexibility index (Phi) is 3.62. The van der Waals surface area contributed by atoms with Gasteiger partial charge in [0.2, 0.25) is 0 Å². The van der Waals surface area contributed by atoms with Gasteiger partial charge in [0.05, 0.1) is 6.61 Å². The maximum atomic E-state index is 11.6. The van der Waals surface area contributed by atoms with Crippen LogP contribution in [0.1, 0.15) is 22.8 Å². The minimum Gasteiger partial charge on any atom is -0.394 e. The minimum absolute atomic E-state index is 0.0952. The van der Waals surface area contributed by atoms with Crippen LogP contribution in [0.15, 0.2) is 17.1 Å². The fraction of sp³-hybridized carbons (Fsp3) is 0.400. The van der Waals surface area contributed by atoms with Gasteiger partial charge < -0.3 is 15.4 Å². The molecule has 0 radical (unpaired) electrons. The number of aromatic amines is 1. The first-order valence-corrected chi connectivity index (χ1v) is 4.66. The molecule has 0 spiro atoms. The molecule has 1 heterocycles. The molecule has 5 nitrogen and oxygen atoms in total. The van der Waals surface area contributed by atoms with E-state index in [1.807, 2.05) is 0 Å². The Morgan fingerprint density at radius 1 is 1.67 bits per heavy atom. The van der Waals surface area contributed by atoms with E-state index in [2.05, 4.69) is 10.3 Å². The molecule has 1 aromatic rings. The summed E-state index contributed by atoms with van der Waals surface area (Å²) < 4.78 is 0. The number of aliphatic hydroxyl groups is 1. The first kappa shape index (κ1) is 11.5. The third-order valence-corrected chi connectivity index (χ3v) is 2.05. The van der Waals surface area contributed by atoms with E-state index >= 15 is 0 Å². The highest BCUT2D eigenvalue weighted by atomic mass is 16.3. The Hall–Kier alpha value is -1.62. The second-order valence-corrected chi connectivity index (χ2v) is 3.42. The fourth-order valence-corrected chi connectivity index (χ4v) is 1.20. The molecule has 0 aliphatic heterocycles. The summed E-state index contributed by atoms with van der Waals surface area (Å²) in [6.45, 7) is 3.19. The number of amides is 1. The van der Waals surface area contributed by atoms with Gasteiger partial charge in [-0.1, -0.05) is 0 Å². The summed E-state index contributed by atoms with van der Waals surface area (Å²) in [5.74, 6) is -0.462. The summed E-state index contributed by atoms with van der Waals surface area (Å²) in [5.41, 5.74) is 0.289. The third kappa shape index (κ3) is 2.66. The highest BCUT2D eigenvalue weighted by molar-refractivity contribution is 5.95. The van der Waals surface area contributed by atoms with E-state index in [0.29, 0.717) is 5.56 Å². The Bertz CT molecular complexity index is 411. The van der Waals surface area contributed by atoms with Crippen molar-refractivity contribution >= 4 is 5.91 Å². The van der Waals surface area contributed by atoms with Gasteiger partial charge >= 0.3 is 0 Å². The number of hydrogen-bond acceptors (Lipinski definition) is 3. The van der Waals surface area contributed by atoms with Crippen molar-refractivity contribution in [3.05, 3.63) is 33.7 Å². The Balaban J connectivity index is 2.96. The number of nitrogens with one attached hydrogen (secondary N) is 2. The van der Waals surface area contributed by atoms with Gasteiger partial charge in [-0.3, -0.25) is 9.59 Å². The largest absolute Gasteiger partial charge is 0.394 e. The standard InChI is InChI=1S/C10H14N2O3/c1-6-3-4-11-9(14)8(6)10(15)12-7(2)5-13/h3-4,7,13H,5H2,1-2H3,(H,11,14)(H,12,15). The number of H-pyrrole nitrogens is 1. The zero-order valence-corrected chi connectivity index (χ0v) is 8.70. The van der Waals surface area contributed by atoms with E-state index in [9.17, 15) is 9.59 Å². The zero-order chi connectivity index (χ0) is 11.4. The minimum atomic E-state index is -0.462. The molecule has 1 amide bonds. The maximum Gasteiger partial charge on any atom is 0.261 e. The van der Waals surface area contributed by atoms with E-state index in [-0.39, 0.29) is 18.2 Å². The van der Waals surface area contributed by atoms with E-state index in [4.69, 9.17) is 5.11 Å². The molecule has 5 heteroatoms. The summed E-state index contributed by atoms with van der Waals surface area (Å²) in [5, 5.41) is 11.3. The lowest BCUT2D eigenvalue weighted by Gasteiger charge is -2.11. The first-order chi connectivity index (χ1) is 7.06. The van der Waals surface area contributed by atoms with Gasteiger partial charge in [0.25, 0.3) is 11.5 Å². The zero-order valence-electron chi connectivity index (χ0n) is 8.70. The van der Waals surface area contributed by atoms with Gasteiger partial charge in [0.15, 0.2) is 0 Å². The molecule has 0 aromatic carbocycles. The van der Waals surface area contributed by atoms with Gasteiger partial charge in [-0.25, -0.2) is 0 Å². The number of aliphatic hydroxyl groups excluding tert-OH is 1. The fourth-order valence-electron chi connectivity index (χ4n) is 1.20. The third-order valence-electron chi connectivity index (χ3n) is 2.05. The van der Waals surface area contributed by atoms with Crippen LogP contribution in [0, 0.1) is 6.92 Å². The molecule has 0 aliphatic rings. The maximum absolute atomic E-state index is 11.6. The van der Waals surface area contributed by atoms with Crippen LogP contribution in [0.5, 0.6) is 0 Å². The summed E-state index contributed by atoms with van der Waals surface area (Å²) in [4.78, 5) is 25.4. The van der Waals surface area contributed by atoms with Crippen molar-refractivity contribution in [1.82, 2.24) is 10.3 Å². The highest BCUT2D eigenvalue weighted by Gasteiger charge is 2.14. The lowest BCUT2D eigenvalue weighted by Crippen LogP contribution is -2.38. The van der Waals surface area contributed by atoms with Crippen molar-refractivity contribution in [3.8, 4) is 0 Å². The average Bonchev–Trinajstić information content (AvgIpc) is 2.17. The molecular formula is C10H14N2O3. The molecule has 15 heavy (non-hydrogen) atoms. The normalized spacial score (nSPS) is 12.2. The number of aromatic nitrogens is 1. The Morgan fingerprint density at radius 2 is 2.33 bits per heavy atom. The molecular weight excluding hydrogens is 196 g/mol. The molecule has 0 saturated heterocycles. The number of carbonyl (C=O) groups is 1. The summed E-state index contributed by atoms with van der Waals surface area (Å²) in [6, 6.07) is 1.29. The summed E-state index contributed by atoms with van der Waals surface area (Å²) in [7, 11) is 0. The van der Waals surface area contributed by atoms with Crippen molar-refractivity contribution < 1.29 is 9.90 Å². The van der Waals surface area contributed by atoms with E-state index in [1.54, 1.807) is 19.9 Å². The topological polar surface area (TPSA) is 82.2 Å². The first-order valence-electron chi connectivity index (χ1n) is 4.66. The number of aryl methyl sites for hydroxylation is 1. The van der Waals surface area contributed by atoms with Crippen LogP contribution in [-0.2, 0) is 0 Å². The van der Waals surface area contributed by atoms with Crippen LogP contribution in [-0.4, -0.2) is 28.6 Å².